The van der Waals surface area contributed by atoms with Crippen molar-refractivity contribution in [2.24, 2.45) is 5.92 Å². The number of carbonyl (C=O) groups excluding carboxylic acids is 1. The first-order chi connectivity index (χ1) is 9.61. The molecular formula is C15H19NO4. The average molecular weight is 277 g/mol. The summed E-state index contributed by atoms with van der Waals surface area (Å²) >= 11 is 0. The molecule has 0 N–H and O–H groups in total. The first-order valence-corrected chi connectivity index (χ1v) is 6.96. The van der Waals surface area contributed by atoms with E-state index in [1.165, 1.54) is 13.2 Å². The lowest BCUT2D eigenvalue weighted by Crippen LogP contribution is -2.11. The number of carbonyl (C=O) groups is 1. The van der Waals surface area contributed by atoms with Crippen LogP contribution in [0.4, 0.5) is 5.69 Å². The van der Waals surface area contributed by atoms with Crippen molar-refractivity contribution < 1.29 is 14.5 Å². The molecule has 1 aliphatic rings. The topological polar surface area (TPSA) is 69.4 Å². The van der Waals surface area contributed by atoms with Crippen LogP contribution in [-0.2, 0) is 11.2 Å². The summed E-state index contributed by atoms with van der Waals surface area (Å²) in [6.07, 6.45) is 5.31. The molecule has 2 rings (SSSR count). The van der Waals surface area contributed by atoms with Crippen molar-refractivity contribution in [1.29, 1.82) is 0 Å². The first-order valence-electron chi connectivity index (χ1n) is 6.96. The van der Waals surface area contributed by atoms with E-state index >= 15 is 0 Å². The highest BCUT2D eigenvalue weighted by atomic mass is 16.6. The van der Waals surface area contributed by atoms with E-state index in [1.54, 1.807) is 12.1 Å². The lowest BCUT2D eigenvalue weighted by molar-refractivity contribution is -0.385. The summed E-state index contributed by atoms with van der Waals surface area (Å²) in [7, 11) is 1.41. The molecule has 0 aliphatic heterocycles. The minimum atomic E-state index is -0.457. The van der Waals surface area contributed by atoms with Gasteiger partial charge in [0.1, 0.15) is 5.78 Å². The average Bonchev–Trinajstić information content (AvgIpc) is 2.98. The second kappa shape index (κ2) is 6.50. The van der Waals surface area contributed by atoms with Crippen molar-refractivity contribution in [3.05, 3.63) is 33.9 Å². The quantitative estimate of drug-likeness (QED) is 0.591. The van der Waals surface area contributed by atoms with Gasteiger partial charge in [-0.3, -0.25) is 14.9 Å². The van der Waals surface area contributed by atoms with Gasteiger partial charge in [0, 0.05) is 18.4 Å². The number of ether oxygens (including phenoxy) is 1. The van der Waals surface area contributed by atoms with Crippen molar-refractivity contribution in [2.45, 2.75) is 38.5 Å². The number of nitro benzene ring substituents is 1. The lowest BCUT2D eigenvalue weighted by Gasteiger charge is -2.08. The largest absolute Gasteiger partial charge is 0.490 e. The smallest absolute Gasteiger partial charge is 0.311 e. The Bertz CT molecular complexity index is 507. The molecule has 1 aromatic rings. The van der Waals surface area contributed by atoms with Crippen LogP contribution in [0.3, 0.4) is 0 Å². The summed E-state index contributed by atoms with van der Waals surface area (Å²) < 4.78 is 4.96. The van der Waals surface area contributed by atoms with E-state index < -0.39 is 4.92 Å². The Kier molecular flexibility index (Phi) is 4.71. The zero-order valence-corrected chi connectivity index (χ0v) is 11.6. The number of methoxy groups -OCH3 is 1. The Hall–Kier alpha value is -1.91. The third-order valence-corrected chi connectivity index (χ3v) is 3.91. The van der Waals surface area contributed by atoms with Gasteiger partial charge in [-0.1, -0.05) is 18.9 Å². The van der Waals surface area contributed by atoms with Gasteiger partial charge in [0.2, 0.25) is 0 Å². The molecule has 0 heterocycles. The molecule has 1 aliphatic carbocycles. The Balaban J connectivity index is 2.00. The molecule has 1 aromatic carbocycles. The van der Waals surface area contributed by atoms with Gasteiger partial charge in [0.05, 0.1) is 12.0 Å². The van der Waals surface area contributed by atoms with Gasteiger partial charge in [-0.25, -0.2) is 0 Å². The normalized spacial score (nSPS) is 15.2. The van der Waals surface area contributed by atoms with Gasteiger partial charge in [0.25, 0.3) is 0 Å². The van der Waals surface area contributed by atoms with Gasteiger partial charge in [0.15, 0.2) is 5.75 Å². The number of rotatable bonds is 6. The van der Waals surface area contributed by atoms with E-state index in [2.05, 4.69) is 0 Å². The van der Waals surface area contributed by atoms with Crippen LogP contribution in [0, 0.1) is 16.0 Å². The zero-order chi connectivity index (χ0) is 14.5. The highest BCUT2D eigenvalue weighted by Gasteiger charge is 2.22. The van der Waals surface area contributed by atoms with Crippen LogP contribution in [0.2, 0.25) is 0 Å². The lowest BCUT2D eigenvalue weighted by atomic mass is 9.96. The van der Waals surface area contributed by atoms with Crippen LogP contribution in [0.15, 0.2) is 18.2 Å². The van der Waals surface area contributed by atoms with Crippen LogP contribution in [0.25, 0.3) is 0 Å². The molecule has 108 valence electrons. The Morgan fingerprint density at radius 1 is 1.40 bits per heavy atom. The summed E-state index contributed by atoms with van der Waals surface area (Å²) in [4.78, 5) is 22.5. The Labute approximate surface area is 118 Å². The molecule has 0 atom stereocenters. The maximum Gasteiger partial charge on any atom is 0.311 e. The van der Waals surface area contributed by atoms with Crippen molar-refractivity contribution in [2.75, 3.05) is 7.11 Å². The first kappa shape index (κ1) is 14.5. The van der Waals surface area contributed by atoms with E-state index in [-0.39, 0.29) is 17.4 Å². The molecule has 0 aromatic heterocycles. The molecule has 20 heavy (non-hydrogen) atoms. The van der Waals surface area contributed by atoms with Crippen molar-refractivity contribution in [3.8, 4) is 5.75 Å². The number of nitrogens with zero attached hydrogens (tertiary/aromatic N) is 1. The third kappa shape index (κ3) is 3.35. The van der Waals surface area contributed by atoms with Crippen LogP contribution in [0.5, 0.6) is 5.75 Å². The highest BCUT2D eigenvalue weighted by Crippen LogP contribution is 2.29. The zero-order valence-electron chi connectivity index (χ0n) is 11.6. The predicted molar refractivity (Wildman–Crippen MR) is 74.9 cm³/mol. The molecule has 5 nitrogen and oxygen atoms in total. The number of hydrogen-bond acceptors (Lipinski definition) is 4. The summed E-state index contributed by atoms with van der Waals surface area (Å²) in [5.74, 6) is 0.755. The minimum Gasteiger partial charge on any atom is -0.490 e. The number of nitro groups is 1. The molecule has 0 bridgehead atoms. The van der Waals surface area contributed by atoms with Crippen molar-refractivity contribution in [1.82, 2.24) is 0 Å². The molecule has 0 saturated heterocycles. The number of aryl methyl sites for hydroxylation is 1. The number of Topliss-reactive ketones (excluding diaryl/α,β-unsaturated/α-hetero) is 1. The molecule has 0 radical (unpaired) electrons. The van der Waals surface area contributed by atoms with Gasteiger partial charge in [-0.2, -0.15) is 0 Å². The number of benzene rings is 1. The fourth-order valence-corrected chi connectivity index (χ4v) is 2.75. The van der Waals surface area contributed by atoms with Crippen LogP contribution < -0.4 is 4.74 Å². The summed E-state index contributed by atoms with van der Waals surface area (Å²) in [6.45, 7) is 0. The Morgan fingerprint density at radius 3 is 2.70 bits per heavy atom. The third-order valence-electron chi connectivity index (χ3n) is 3.91. The van der Waals surface area contributed by atoms with E-state index in [4.69, 9.17) is 4.74 Å². The monoisotopic (exact) mass is 277 g/mol. The van der Waals surface area contributed by atoms with Crippen LogP contribution >= 0.6 is 0 Å². The fourth-order valence-electron chi connectivity index (χ4n) is 2.75. The molecule has 1 fully saturated rings. The van der Waals surface area contributed by atoms with E-state index in [9.17, 15) is 14.9 Å². The van der Waals surface area contributed by atoms with E-state index in [0.717, 1.165) is 31.2 Å². The van der Waals surface area contributed by atoms with Gasteiger partial charge < -0.3 is 4.74 Å². The van der Waals surface area contributed by atoms with Gasteiger partial charge in [-0.15, -0.1) is 0 Å². The van der Waals surface area contributed by atoms with Gasteiger partial charge >= 0.3 is 5.69 Å². The summed E-state index contributed by atoms with van der Waals surface area (Å²) in [6, 6.07) is 4.88. The van der Waals surface area contributed by atoms with Crippen molar-refractivity contribution >= 4 is 11.5 Å². The summed E-state index contributed by atoms with van der Waals surface area (Å²) in [5, 5.41) is 10.9. The highest BCUT2D eigenvalue weighted by molar-refractivity contribution is 5.81. The standard InChI is InChI=1S/C15H19NO4/c1-20-15-9-7-11(10-13(15)16(18)19)6-8-14(17)12-4-2-3-5-12/h7,9-10,12H,2-6,8H2,1H3. The molecule has 5 heteroatoms. The van der Waals surface area contributed by atoms with Crippen molar-refractivity contribution in [3.63, 3.8) is 0 Å². The predicted octanol–water partition coefficient (Wildman–Crippen LogP) is 3.30. The van der Waals surface area contributed by atoms with Crippen LogP contribution in [0.1, 0.15) is 37.7 Å². The Morgan fingerprint density at radius 2 is 2.10 bits per heavy atom. The molecule has 1 saturated carbocycles. The second-order valence-electron chi connectivity index (χ2n) is 5.21. The minimum absolute atomic E-state index is 0.0432. The SMILES string of the molecule is COc1ccc(CCC(=O)C2CCCC2)cc1[N+](=O)[O-]. The summed E-state index contributed by atoms with van der Waals surface area (Å²) in [5.41, 5.74) is 0.766. The molecular weight excluding hydrogens is 258 g/mol. The number of hydrogen-bond donors (Lipinski definition) is 0. The van der Waals surface area contributed by atoms with E-state index in [0.29, 0.717) is 18.6 Å². The molecule has 0 unspecified atom stereocenters. The molecule has 0 spiro atoms. The van der Waals surface area contributed by atoms with Gasteiger partial charge in [-0.05, 0) is 30.9 Å². The maximum absolute atomic E-state index is 12.0. The fraction of sp³-hybridized carbons (Fsp3) is 0.533. The van der Waals surface area contributed by atoms with E-state index in [1.807, 2.05) is 0 Å². The second-order valence-corrected chi connectivity index (χ2v) is 5.21. The van der Waals surface area contributed by atoms with Crippen LogP contribution in [-0.4, -0.2) is 17.8 Å². The molecule has 0 amide bonds. The number of ketones is 1. The maximum atomic E-state index is 12.0.